The van der Waals surface area contributed by atoms with Gasteiger partial charge in [0.05, 0.1) is 8.07 Å². The van der Waals surface area contributed by atoms with Gasteiger partial charge in [-0.2, -0.15) is 12.1 Å². The number of aryl methyl sites for hydroxylation is 1. The average Bonchev–Trinajstić information content (AvgIpc) is 3.74. The predicted molar refractivity (Wildman–Crippen MR) is 234 cm³/mol. The van der Waals surface area contributed by atoms with Gasteiger partial charge in [-0.05, 0) is 40.9 Å². The summed E-state index contributed by atoms with van der Waals surface area (Å²) < 4.78 is 0. The van der Waals surface area contributed by atoms with E-state index in [-0.39, 0.29) is 5.41 Å². The maximum absolute atomic E-state index is 4.93. The van der Waals surface area contributed by atoms with E-state index in [9.17, 15) is 0 Å². The third kappa shape index (κ3) is 12.3. The fourth-order valence-corrected chi connectivity index (χ4v) is 7.61. The normalized spacial score (nSPS) is 11.8. The molecule has 51 heavy (non-hydrogen) atoms. The Morgan fingerprint density at radius 3 is 1.65 bits per heavy atom. The Morgan fingerprint density at radius 1 is 0.725 bits per heavy atom. The van der Waals surface area contributed by atoms with E-state index in [1.165, 1.54) is 78.5 Å². The van der Waals surface area contributed by atoms with Crippen LogP contribution in [0.2, 0.25) is 32.7 Å². The molecule has 0 bridgehead atoms. The molecule has 5 heteroatoms. The van der Waals surface area contributed by atoms with Crippen LogP contribution in [0.25, 0.3) is 43.8 Å². The van der Waals surface area contributed by atoms with Crippen LogP contribution in [0.5, 0.6) is 0 Å². The fraction of sp³-hybridized carbons (Fsp3) is 0.348. The molecule has 2 radical (unpaired) electrons. The van der Waals surface area contributed by atoms with Crippen molar-refractivity contribution in [2.75, 3.05) is 0 Å². The predicted octanol–water partition coefficient (Wildman–Crippen LogP) is 14.9. The van der Waals surface area contributed by atoms with Gasteiger partial charge in [0.2, 0.25) is 0 Å². The van der Waals surface area contributed by atoms with Crippen LogP contribution in [0, 0.1) is 0 Å². The van der Waals surface area contributed by atoms with Crippen LogP contribution in [-0.2, 0) is 32.7 Å². The Bertz CT molecular complexity index is 1900. The summed E-state index contributed by atoms with van der Waals surface area (Å²) >= 11 is -0.826. The van der Waals surface area contributed by atoms with Gasteiger partial charge in [0.25, 0.3) is 0 Å². The molecule has 0 aliphatic carbocycles. The zero-order valence-corrected chi connectivity index (χ0v) is 38.8. The van der Waals surface area contributed by atoms with Crippen molar-refractivity contribution in [3.05, 3.63) is 126 Å². The summed E-state index contributed by atoms with van der Waals surface area (Å²) in [5, 5.41) is 7.02. The Labute approximate surface area is 332 Å². The van der Waals surface area contributed by atoms with Crippen molar-refractivity contribution in [3.8, 4) is 22.3 Å². The molecule has 0 aliphatic heterocycles. The Morgan fingerprint density at radius 2 is 1.20 bits per heavy atom. The molecule has 0 saturated heterocycles. The van der Waals surface area contributed by atoms with Gasteiger partial charge < -0.3 is 0 Å². The Kier molecular flexibility index (Phi) is 17.4. The van der Waals surface area contributed by atoms with Crippen LogP contribution in [0.4, 0.5) is 0 Å². The van der Waals surface area contributed by atoms with Crippen LogP contribution in [0.15, 0.2) is 109 Å². The summed E-state index contributed by atoms with van der Waals surface area (Å²) in [6.07, 6.45) is 3.60. The number of hydrogen-bond acceptors (Lipinski definition) is 0. The molecular weight excluding hydrogens is 771 g/mol. The van der Waals surface area contributed by atoms with Crippen molar-refractivity contribution in [2.24, 2.45) is 0 Å². The van der Waals surface area contributed by atoms with E-state index < -0.39 is 28.9 Å². The van der Waals surface area contributed by atoms with Crippen LogP contribution < -0.4 is 5.19 Å². The number of hydrogen-bond donors (Lipinski definition) is 0. The molecule has 1 unspecified atom stereocenters. The van der Waals surface area contributed by atoms with Gasteiger partial charge in [0, 0.05) is 9.52 Å². The zero-order chi connectivity index (χ0) is 37.8. The Balaban J connectivity index is 0.000000240. The molecule has 0 fully saturated rings. The first kappa shape index (κ1) is 43.4. The molecule has 0 aliphatic rings. The number of benzene rings is 4. The molecule has 0 saturated carbocycles. The molecule has 0 amide bonds. The number of halogens is 2. The average molecular weight is 829 g/mol. The third-order valence-corrected chi connectivity index (χ3v) is 11.5. The van der Waals surface area contributed by atoms with Crippen LogP contribution in [-0.4, -0.2) is 17.6 Å². The summed E-state index contributed by atoms with van der Waals surface area (Å²) in [4.78, 5) is 0. The fourth-order valence-electron chi connectivity index (χ4n) is 6.45. The van der Waals surface area contributed by atoms with Crippen molar-refractivity contribution in [3.63, 3.8) is 0 Å². The van der Waals surface area contributed by atoms with E-state index in [1.54, 1.807) is 0 Å². The van der Waals surface area contributed by atoms with E-state index in [2.05, 4.69) is 183 Å². The number of rotatable bonds is 7. The monoisotopic (exact) mass is 826 g/mol. The topological polar surface area (TPSA) is 0 Å². The van der Waals surface area contributed by atoms with Crippen molar-refractivity contribution < 1.29 is 20.8 Å². The van der Waals surface area contributed by atoms with Crippen LogP contribution >= 0.6 is 17.0 Å². The molecule has 0 spiro atoms. The van der Waals surface area contributed by atoms with Gasteiger partial charge in [0.15, 0.2) is 0 Å². The van der Waals surface area contributed by atoms with Crippen molar-refractivity contribution in [2.45, 2.75) is 105 Å². The molecule has 268 valence electrons. The summed E-state index contributed by atoms with van der Waals surface area (Å²) in [5.41, 5.74) is 9.84. The maximum atomic E-state index is 4.93. The van der Waals surface area contributed by atoms with Gasteiger partial charge in [-0.25, -0.2) is 0 Å². The zero-order valence-electron chi connectivity index (χ0n) is 32.8. The minimum absolute atomic E-state index is 0.202. The van der Waals surface area contributed by atoms with E-state index >= 15 is 0 Å². The molecule has 1 atom stereocenters. The second kappa shape index (κ2) is 20.5. The molecule has 0 nitrogen and oxygen atoms in total. The quantitative estimate of drug-likeness (QED) is 0.111. The van der Waals surface area contributed by atoms with Gasteiger partial charge in [-0.15, -0.1) is 69.1 Å². The molecule has 6 rings (SSSR count). The SMILES string of the molecule is CCCC(C)c1cc2c(-c3ccc(C(C)(C)C)cc3)cccc2[cH-]1.CCc1cc2c(-c3ccc([Si](C)(C)C)cc3)cccc2[cH-]1.C[Si]C.[Cl][Zr+2][Cl]. The summed E-state index contributed by atoms with van der Waals surface area (Å²) in [6, 6.07) is 41.1. The van der Waals surface area contributed by atoms with Crippen LogP contribution in [0.3, 0.4) is 0 Å². The first-order chi connectivity index (χ1) is 24.2. The van der Waals surface area contributed by atoms with Gasteiger partial charge in [0.1, 0.15) is 0 Å². The first-order valence-electron chi connectivity index (χ1n) is 18.4. The van der Waals surface area contributed by atoms with Gasteiger partial charge in [-0.3, -0.25) is 0 Å². The van der Waals surface area contributed by atoms with Crippen LogP contribution in [0.1, 0.15) is 77.0 Å². The third-order valence-electron chi connectivity index (χ3n) is 9.41. The Hall–Kier alpha value is -2.00. The van der Waals surface area contributed by atoms with Crippen molar-refractivity contribution in [1.82, 2.24) is 0 Å². The molecular formula is C46H58Cl2Si2Zr. The second-order valence-corrected chi connectivity index (χ2v) is 25.3. The van der Waals surface area contributed by atoms with Gasteiger partial charge >= 0.3 is 37.9 Å². The summed E-state index contributed by atoms with van der Waals surface area (Å²) in [7, 11) is 9.74. The van der Waals surface area contributed by atoms with Gasteiger partial charge in [-0.1, -0.05) is 158 Å². The number of fused-ring (bicyclic) bond motifs is 2. The second-order valence-electron chi connectivity index (χ2n) is 15.5. The standard InChI is InChI=1S/C24H29.C20H23Si.C2H6Si.2ClH.Zr/c1-6-8-17(2)20-15-19-9-7-10-22(23(19)16-20)18-11-13-21(14-12-18)24(3,4)5;1-5-15-13-17-7-6-8-19(20(17)14-15)16-9-11-18(12-10-16)21(2,3)4;1-3-2;;;/h7,9-17H,6,8H2,1-5H3;6-14H,5H2,1-4H3;1-2H3;2*1H;/q2*-1;;;;+4/p-2. The summed E-state index contributed by atoms with van der Waals surface area (Å²) in [5.74, 6) is 0.638. The van der Waals surface area contributed by atoms with E-state index in [4.69, 9.17) is 17.0 Å². The van der Waals surface area contributed by atoms with E-state index in [1.807, 2.05) is 0 Å². The minimum atomic E-state index is -1.21. The van der Waals surface area contributed by atoms with Crippen molar-refractivity contribution in [1.29, 1.82) is 0 Å². The molecule has 0 aromatic heterocycles. The van der Waals surface area contributed by atoms with E-state index in [0.717, 1.165) is 15.9 Å². The molecule has 6 aromatic carbocycles. The van der Waals surface area contributed by atoms with E-state index in [0.29, 0.717) is 5.92 Å². The van der Waals surface area contributed by atoms with Crippen molar-refractivity contribution >= 4 is 61.4 Å². The molecule has 6 aromatic rings. The molecule has 0 heterocycles. The molecule has 0 N–H and O–H groups in total. The summed E-state index contributed by atoms with van der Waals surface area (Å²) in [6.45, 7) is 25.1. The first-order valence-corrected chi connectivity index (χ1v) is 30.2.